The maximum Gasteiger partial charge on any atom is 0.257 e. The highest BCUT2D eigenvalue weighted by molar-refractivity contribution is 6.04. The van der Waals surface area contributed by atoms with Gasteiger partial charge in [-0.3, -0.25) is 9.59 Å². The monoisotopic (exact) mass is 287 g/mol. The van der Waals surface area contributed by atoms with Gasteiger partial charge >= 0.3 is 0 Å². The third kappa shape index (κ3) is 2.26. The maximum atomic E-state index is 12.7. The molecule has 112 valence electrons. The summed E-state index contributed by atoms with van der Waals surface area (Å²) >= 11 is 0. The van der Waals surface area contributed by atoms with Crippen molar-refractivity contribution in [1.29, 1.82) is 0 Å². The van der Waals surface area contributed by atoms with Gasteiger partial charge in [0.25, 0.3) is 5.91 Å². The van der Waals surface area contributed by atoms with Crippen molar-refractivity contribution in [3.63, 3.8) is 0 Å². The summed E-state index contributed by atoms with van der Waals surface area (Å²) in [7, 11) is 0. The summed E-state index contributed by atoms with van der Waals surface area (Å²) in [5.41, 5.74) is 7.36. The number of amides is 2. The van der Waals surface area contributed by atoms with Crippen LogP contribution in [-0.4, -0.2) is 36.0 Å². The highest BCUT2D eigenvalue weighted by Gasteiger charge is 2.37. The topological polar surface area (TPSA) is 66.6 Å². The van der Waals surface area contributed by atoms with Crippen molar-refractivity contribution in [3.8, 4) is 0 Å². The molecule has 1 fully saturated rings. The van der Waals surface area contributed by atoms with Crippen LogP contribution in [0.2, 0.25) is 0 Å². The van der Waals surface area contributed by atoms with E-state index in [9.17, 15) is 9.59 Å². The van der Waals surface area contributed by atoms with Gasteiger partial charge in [-0.1, -0.05) is 6.42 Å². The minimum absolute atomic E-state index is 0.0811. The predicted octanol–water partition coefficient (Wildman–Crippen LogP) is 1.97. The average Bonchev–Trinajstić information content (AvgIpc) is 2.73. The van der Waals surface area contributed by atoms with Crippen molar-refractivity contribution in [2.45, 2.75) is 38.8 Å². The molecule has 0 radical (unpaired) electrons. The third-order valence-electron chi connectivity index (χ3n) is 4.50. The summed E-state index contributed by atoms with van der Waals surface area (Å²) in [6.45, 7) is 3.71. The summed E-state index contributed by atoms with van der Waals surface area (Å²) in [4.78, 5) is 28.4. The van der Waals surface area contributed by atoms with E-state index in [1.54, 1.807) is 18.2 Å². The summed E-state index contributed by atoms with van der Waals surface area (Å²) < 4.78 is 0. The molecular formula is C16H21N3O2. The summed E-state index contributed by atoms with van der Waals surface area (Å²) in [6.07, 6.45) is 4.46. The lowest BCUT2D eigenvalue weighted by Gasteiger charge is -2.44. The first kappa shape index (κ1) is 13.9. The second-order valence-corrected chi connectivity index (χ2v) is 5.71. The number of primary amides is 1. The van der Waals surface area contributed by atoms with E-state index in [4.69, 9.17) is 5.73 Å². The molecule has 0 spiro atoms. The third-order valence-corrected chi connectivity index (χ3v) is 4.50. The molecule has 0 unspecified atom stereocenters. The molecule has 1 atom stereocenters. The fourth-order valence-electron chi connectivity index (χ4n) is 3.45. The Morgan fingerprint density at radius 1 is 1.33 bits per heavy atom. The van der Waals surface area contributed by atoms with E-state index < -0.39 is 5.91 Å². The van der Waals surface area contributed by atoms with Crippen LogP contribution < -0.4 is 10.6 Å². The molecule has 5 heteroatoms. The normalized spacial score (nSPS) is 21.6. The zero-order chi connectivity index (χ0) is 15.0. The number of anilines is 1. The number of fused-ring (bicyclic) bond motifs is 2. The molecule has 0 saturated carbocycles. The molecule has 2 heterocycles. The molecule has 5 nitrogen and oxygen atoms in total. The van der Waals surface area contributed by atoms with Gasteiger partial charge in [0.05, 0.1) is 11.3 Å². The fraction of sp³-hybridized carbons (Fsp3) is 0.500. The number of carbonyl (C=O) groups excluding carboxylic acids is 2. The minimum Gasteiger partial charge on any atom is -0.366 e. The van der Waals surface area contributed by atoms with Crippen molar-refractivity contribution in [3.05, 3.63) is 29.3 Å². The van der Waals surface area contributed by atoms with Gasteiger partial charge in [0, 0.05) is 18.7 Å². The molecule has 3 rings (SSSR count). The van der Waals surface area contributed by atoms with Gasteiger partial charge in [-0.05, 0) is 44.4 Å². The maximum absolute atomic E-state index is 12.7. The summed E-state index contributed by atoms with van der Waals surface area (Å²) in [5, 5.41) is 0. The largest absolute Gasteiger partial charge is 0.366 e. The smallest absolute Gasteiger partial charge is 0.257 e. The van der Waals surface area contributed by atoms with Crippen molar-refractivity contribution in [2.75, 3.05) is 18.0 Å². The van der Waals surface area contributed by atoms with Crippen LogP contribution in [0.3, 0.4) is 0 Å². The van der Waals surface area contributed by atoms with E-state index in [1.807, 2.05) is 4.90 Å². The van der Waals surface area contributed by atoms with Gasteiger partial charge in [0.1, 0.15) is 6.17 Å². The second-order valence-electron chi connectivity index (χ2n) is 5.71. The predicted molar refractivity (Wildman–Crippen MR) is 81.3 cm³/mol. The Morgan fingerprint density at radius 3 is 2.86 bits per heavy atom. The van der Waals surface area contributed by atoms with Crippen LogP contribution in [0.5, 0.6) is 0 Å². The van der Waals surface area contributed by atoms with Crippen LogP contribution in [0, 0.1) is 0 Å². The number of hydrogen-bond acceptors (Lipinski definition) is 3. The SMILES string of the molecule is CCN1c2cc(C(N)=O)ccc2C(=O)N2CCCCC[C@@H]21. The first-order valence-corrected chi connectivity index (χ1v) is 7.65. The van der Waals surface area contributed by atoms with Crippen LogP contribution in [0.4, 0.5) is 5.69 Å². The van der Waals surface area contributed by atoms with E-state index in [0.717, 1.165) is 38.0 Å². The Kier molecular flexibility index (Phi) is 3.57. The van der Waals surface area contributed by atoms with Crippen molar-refractivity contribution < 1.29 is 9.59 Å². The van der Waals surface area contributed by atoms with Crippen LogP contribution >= 0.6 is 0 Å². The number of nitrogens with zero attached hydrogens (tertiary/aromatic N) is 2. The van der Waals surface area contributed by atoms with Gasteiger partial charge in [0.15, 0.2) is 0 Å². The molecule has 2 aliphatic rings. The van der Waals surface area contributed by atoms with Crippen LogP contribution in [0.1, 0.15) is 53.3 Å². The van der Waals surface area contributed by atoms with E-state index in [2.05, 4.69) is 11.8 Å². The first-order valence-electron chi connectivity index (χ1n) is 7.65. The molecule has 2 N–H and O–H groups in total. The molecule has 1 aromatic rings. The molecule has 1 aromatic carbocycles. The van der Waals surface area contributed by atoms with Gasteiger partial charge < -0.3 is 15.5 Å². The van der Waals surface area contributed by atoms with Crippen molar-refractivity contribution >= 4 is 17.5 Å². The Hall–Kier alpha value is -2.04. The lowest BCUT2D eigenvalue weighted by atomic mass is 10.0. The van der Waals surface area contributed by atoms with Crippen LogP contribution in [0.15, 0.2) is 18.2 Å². The Morgan fingerprint density at radius 2 is 2.14 bits per heavy atom. The molecular weight excluding hydrogens is 266 g/mol. The summed E-state index contributed by atoms with van der Waals surface area (Å²) in [5.74, 6) is -0.373. The minimum atomic E-state index is -0.454. The van der Waals surface area contributed by atoms with E-state index in [0.29, 0.717) is 11.1 Å². The van der Waals surface area contributed by atoms with Gasteiger partial charge in [-0.2, -0.15) is 0 Å². The van der Waals surface area contributed by atoms with E-state index in [1.165, 1.54) is 6.42 Å². The van der Waals surface area contributed by atoms with Crippen molar-refractivity contribution in [2.24, 2.45) is 5.73 Å². The molecule has 0 aromatic heterocycles. The van der Waals surface area contributed by atoms with Crippen molar-refractivity contribution in [1.82, 2.24) is 4.90 Å². The quantitative estimate of drug-likeness (QED) is 0.904. The lowest BCUT2D eigenvalue weighted by Crippen LogP contribution is -2.55. The lowest BCUT2D eigenvalue weighted by molar-refractivity contribution is 0.0656. The summed E-state index contributed by atoms with van der Waals surface area (Å²) in [6, 6.07) is 5.15. The zero-order valence-electron chi connectivity index (χ0n) is 12.3. The number of rotatable bonds is 2. The fourth-order valence-corrected chi connectivity index (χ4v) is 3.45. The molecule has 0 bridgehead atoms. The highest BCUT2D eigenvalue weighted by Crippen LogP contribution is 2.35. The molecule has 2 amide bonds. The number of hydrogen-bond donors (Lipinski definition) is 1. The Labute approximate surface area is 124 Å². The van der Waals surface area contributed by atoms with E-state index >= 15 is 0 Å². The molecule has 1 saturated heterocycles. The van der Waals surface area contributed by atoms with Gasteiger partial charge in [-0.25, -0.2) is 0 Å². The van der Waals surface area contributed by atoms with Gasteiger partial charge in [0.2, 0.25) is 5.91 Å². The Balaban J connectivity index is 2.09. The van der Waals surface area contributed by atoms with Crippen LogP contribution in [0.25, 0.3) is 0 Å². The second kappa shape index (κ2) is 5.39. The Bertz CT molecular complexity index is 585. The highest BCUT2D eigenvalue weighted by atomic mass is 16.2. The molecule has 21 heavy (non-hydrogen) atoms. The molecule has 0 aliphatic carbocycles. The number of benzene rings is 1. The average molecular weight is 287 g/mol. The number of carbonyl (C=O) groups is 2. The van der Waals surface area contributed by atoms with Crippen LogP contribution in [-0.2, 0) is 0 Å². The van der Waals surface area contributed by atoms with Gasteiger partial charge in [-0.15, -0.1) is 0 Å². The first-order chi connectivity index (χ1) is 10.1. The number of nitrogens with two attached hydrogens (primary N) is 1. The zero-order valence-corrected chi connectivity index (χ0v) is 12.3. The van der Waals surface area contributed by atoms with E-state index in [-0.39, 0.29) is 12.1 Å². The molecule has 2 aliphatic heterocycles. The standard InChI is InChI=1S/C16H21N3O2/c1-2-18-13-10-11(15(17)20)7-8-12(13)16(21)19-9-5-3-4-6-14(18)19/h7-8,10,14H,2-6,9H2,1H3,(H2,17,20)/t14-/m1/s1.